The summed E-state index contributed by atoms with van der Waals surface area (Å²) < 4.78 is 2.40. The zero-order chi connectivity index (χ0) is 12.7. The number of nitrogens with zero attached hydrogens (tertiary/aromatic N) is 1. The molecule has 0 spiro atoms. The van der Waals surface area contributed by atoms with E-state index in [2.05, 4.69) is 49.1 Å². The first-order valence-corrected chi connectivity index (χ1v) is 7.01. The van der Waals surface area contributed by atoms with Crippen LogP contribution in [0.3, 0.4) is 0 Å². The molecule has 1 aliphatic rings. The molecule has 1 aromatic carbocycles. The zero-order valence-electron chi connectivity index (χ0n) is 11.6. The van der Waals surface area contributed by atoms with Crippen LogP contribution in [0.15, 0.2) is 18.2 Å². The molecule has 0 saturated heterocycles. The van der Waals surface area contributed by atoms with Gasteiger partial charge < -0.3 is 9.88 Å². The molecule has 1 aliphatic carbocycles. The van der Waals surface area contributed by atoms with E-state index in [1.165, 1.54) is 35.7 Å². The van der Waals surface area contributed by atoms with E-state index in [1.54, 1.807) is 11.3 Å². The third-order valence-corrected chi connectivity index (χ3v) is 4.50. The van der Waals surface area contributed by atoms with Crippen LogP contribution in [-0.4, -0.2) is 17.7 Å². The van der Waals surface area contributed by atoms with E-state index >= 15 is 0 Å². The van der Waals surface area contributed by atoms with Gasteiger partial charge in [0.1, 0.15) is 0 Å². The second-order valence-electron chi connectivity index (χ2n) is 5.42. The summed E-state index contributed by atoms with van der Waals surface area (Å²) in [5, 5.41) is 4.92. The minimum absolute atomic E-state index is 0.647. The van der Waals surface area contributed by atoms with Crippen molar-refractivity contribution in [3.8, 4) is 0 Å². The van der Waals surface area contributed by atoms with Crippen LogP contribution in [0.1, 0.15) is 30.2 Å². The molecule has 0 aliphatic heterocycles. The quantitative estimate of drug-likeness (QED) is 0.857. The summed E-state index contributed by atoms with van der Waals surface area (Å²) in [6.45, 7) is 2.23. The normalized spacial score (nSPS) is 19.2. The number of likely N-dealkylation sites (N-methyl/N-ethyl adjacent to an activating group) is 1. The number of nitrogens with one attached hydrogen (secondary N) is 1. The summed E-state index contributed by atoms with van der Waals surface area (Å²) >= 11 is 0. The van der Waals surface area contributed by atoms with Crippen LogP contribution < -0.4 is 5.32 Å². The van der Waals surface area contributed by atoms with Gasteiger partial charge in [0.05, 0.1) is 0 Å². The Kier molecular flexibility index (Phi) is 2.90. The molecule has 96 valence electrons. The highest BCUT2D eigenvalue weighted by Gasteiger charge is 2.23. The Hall–Kier alpha value is -1.28. The van der Waals surface area contributed by atoms with Crippen molar-refractivity contribution in [2.75, 3.05) is 7.05 Å². The molecule has 3 rings (SSSR count). The number of rotatable bonds is 2. The fourth-order valence-electron chi connectivity index (χ4n) is 3.29. The van der Waals surface area contributed by atoms with E-state index in [9.17, 15) is 0 Å². The first-order valence-electron chi connectivity index (χ1n) is 7.01. The molecule has 0 fully saturated rings. The average Bonchev–Trinajstić information content (AvgIpc) is 2.71. The number of aryl methyl sites for hydroxylation is 2. The monoisotopic (exact) mass is 242 g/mol. The van der Waals surface area contributed by atoms with Gasteiger partial charge in [0, 0.05) is 29.7 Å². The van der Waals surface area contributed by atoms with Gasteiger partial charge in [-0.25, -0.2) is 0 Å². The molecule has 1 atom stereocenters. The first-order chi connectivity index (χ1) is 8.74. The molecule has 1 heterocycles. The maximum absolute atomic E-state index is 3.44. The van der Waals surface area contributed by atoms with Crippen molar-refractivity contribution in [2.24, 2.45) is 7.05 Å². The van der Waals surface area contributed by atoms with Crippen LogP contribution in [0.4, 0.5) is 0 Å². The van der Waals surface area contributed by atoms with Crippen molar-refractivity contribution in [2.45, 2.75) is 38.6 Å². The van der Waals surface area contributed by atoms with Crippen LogP contribution in [0.2, 0.25) is 0 Å². The van der Waals surface area contributed by atoms with Crippen molar-refractivity contribution in [3.05, 3.63) is 35.0 Å². The number of benzene rings is 1. The highest BCUT2D eigenvalue weighted by atomic mass is 15.0. The molecule has 0 amide bonds. The van der Waals surface area contributed by atoms with E-state index in [0.29, 0.717) is 6.04 Å². The lowest BCUT2D eigenvalue weighted by molar-refractivity contribution is 0.488. The van der Waals surface area contributed by atoms with Crippen LogP contribution in [0, 0.1) is 0 Å². The Bertz CT molecular complexity index is 580. The van der Waals surface area contributed by atoms with Gasteiger partial charge in [-0.05, 0) is 56.0 Å². The first kappa shape index (κ1) is 11.8. The minimum atomic E-state index is 0.647. The molecule has 0 radical (unpaired) electrons. The van der Waals surface area contributed by atoms with Crippen LogP contribution in [0.5, 0.6) is 0 Å². The molecule has 0 saturated carbocycles. The standard InChI is InChI=1S/C16H22N2/c1-4-11-5-7-15-13(9-11)14-10-12(17-2)6-8-16(14)18(15)3/h5,7,9,12,17H,4,6,8,10H2,1-3H3. The zero-order valence-corrected chi connectivity index (χ0v) is 11.6. The molecule has 1 N–H and O–H groups in total. The number of fused-ring (bicyclic) bond motifs is 3. The lowest BCUT2D eigenvalue weighted by Crippen LogP contribution is -2.31. The number of hydrogen-bond donors (Lipinski definition) is 1. The fraction of sp³-hybridized carbons (Fsp3) is 0.500. The van der Waals surface area contributed by atoms with Crippen LogP contribution >= 0.6 is 0 Å². The summed E-state index contributed by atoms with van der Waals surface area (Å²) in [5.74, 6) is 0. The molecular formula is C16H22N2. The van der Waals surface area contributed by atoms with Gasteiger partial charge in [-0.1, -0.05) is 13.0 Å². The second kappa shape index (κ2) is 4.43. The van der Waals surface area contributed by atoms with E-state index in [1.807, 2.05) is 0 Å². The molecular weight excluding hydrogens is 220 g/mol. The largest absolute Gasteiger partial charge is 0.347 e. The topological polar surface area (TPSA) is 17.0 Å². The predicted octanol–water partition coefficient (Wildman–Crippen LogP) is 2.82. The van der Waals surface area contributed by atoms with Gasteiger partial charge in [0.25, 0.3) is 0 Å². The van der Waals surface area contributed by atoms with E-state index < -0.39 is 0 Å². The van der Waals surface area contributed by atoms with Crippen molar-refractivity contribution in [3.63, 3.8) is 0 Å². The van der Waals surface area contributed by atoms with Gasteiger partial charge in [0.15, 0.2) is 0 Å². The van der Waals surface area contributed by atoms with E-state index in [0.717, 1.165) is 6.42 Å². The summed E-state index contributed by atoms with van der Waals surface area (Å²) in [6.07, 6.45) is 4.76. The predicted molar refractivity (Wildman–Crippen MR) is 77.2 cm³/mol. The molecule has 18 heavy (non-hydrogen) atoms. The summed E-state index contributed by atoms with van der Waals surface area (Å²) in [6, 6.07) is 7.60. The Morgan fingerprint density at radius 1 is 1.39 bits per heavy atom. The third kappa shape index (κ3) is 1.67. The maximum Gasteiger partial charge on any atom is 0.0482 e. The summed E-state index contributed by atoms with van der Waals surface area (Å²) in [5.41, 5.74) is 5.97. The minimum Gasteiger partial charge on any atom is -0.347 e. The maximum atomic E-state index is 3.44. The SMILES string of the molecule is CCc1ccc2c(c1)c1c(n2C)CCC(NC)C1. The van der Waals surface area contributed by atoms with Crippen molar-refractivity contribution >= 4 is 10.9 Å². The second-order valence-corrected chi connectivity index (χ2v) is 5.42. The van der Waals surface area contributed by atoms with Crippen molar-refractivity contribution < 1.29 is 0 Å². The molecule has 1 aromatic heterocycles. The van der Waals surface area contributed by atoms with Gasteiger partial charge in [-0.2, -0.15) is 0 Å². The van der Waals surface area contributed by atoms with Crippen LogP contribution in [0.25, 0.3) is 10.9 Å². The van der Waals surface area contributed by atoms with Crippen molar-refractivity contribution in [1.82, 2.24) is 9.88 Å². The molecule has 1 unspecified atom stereocenters. The Labute approximate surface area is 109 Å². The van der Waals surface area contributed by atoms with Gasteiger partial charge in [-0.15, -0.1) is 0 Å². The van der Waals surface area contributed by atoms with Crippen molar-refractivity contribution in [1.29, 1.82) is 0 Å². The Balaban J connectivity index is 2.19. The van der Waals surface area contributed by atoms with Gasteiger partial charge >= 0.3 is 0 Å². The lowest BCUT2D eigenvalue weighted by Gasteiger charge is -2.22. The Morgan fingerprint density at radius 2 is 2.22 bits per heavy atom. The van der Waals surface area contributed by atoms with Gasteiger partial charge in [0.2, 0.25) is 0 Å². The van der Waals surface area contributed by atoms with Gasteiger partial charge in [-0.3, -0.25) is 0 Å². The number of aromatic nitrogens is 1. The highest BCUT2D eigenvalue weighted by Crippen LogP contribution is 2.32. The average molecular weight is 242 g/mol. The third-order valence-electron chi connectivity index (χ3n) is 4.50. The molecule has 2 nitrogen and oxygen atoms in total. The fourth-order valence-corrected chi connectivity index (χ4v) is 3.29. The molecule has 2 heteroatoms. The Morgan fingerprint density at radius 3 is 2.94 bits per heavy atom. The van der Waals surface area contributed by atoms with Crippen LogP contribution in [-0.2, 0) is 26.3 Å². The van der Waals surface area contributed by atoms with E-state index in [-0.39, 0.29) is 0 Å². The van der Waals surface area contributed by atoms with E-state index in [4.69, 9.17) is 0 Å². The lowest BCUT2D eigenvalue weighted by atomic mass is 9.91. The summed E-state index contributed by atoms with van der Waals surface area (Å²) in [4.78, 5) is 0. The molecule has 0 bridgehead atoms. The summed E-state index contributed by atoms with van der Waals surface area (Å²) in [7, 11) is 4.30. The number of hydrogen-bond acceptors (Lipinski definition) is 1. The highest BCUT2D eigenvalue weighted by molar-refractivity contribution is 5.86. The smallest absolute Gasteiger partial charge is 0.0482 e. The molecule has 2 aromatic rings.